The van der Waals surface area contributed by atoms with Crippen molar-refractivity contribution in [3.8, 4) is 0 Å². The van der Waals surface area contributed by atoms with Gasteiger partial charge in [0.15, 0.2) is 0 Å². The molecule has 0 spiro atoms. The van der Waals surface area contributed by atoms with Crippen LogP contribution in [0.5, 0.6) is 0 Å². The number of benzene rings is 1. The first-order chi connectivity index (χ1) is 9.11. The number of nitrogens with zero attached hydrogens (tertiary/aromatic N) is 1. The van der Waals surface area contributed by atoms with E-state index >= 15 is 0 Å². The van der Waals surface area contributed by atoms with E-state index in [0.29, 0.717) is 11.8 Å². The molecule has 1 aromatic rings. The summed E-state index contributed by atoms with van der Waals surface area (Å²) in [5.74, 6) is 0.893. The van der Waals surface area contributed by atoms with Crippen molar-refractivity contribution in [2.45, 2.75) is 25.2 Å². The number of piperidine rings is 1. The molecule has 1 aliphatic rings. The summed E-state index contributed by atoms with van der Waals surface area (Å²) >= 11 is 12.4. The van der Waals surface area contributed by atoms with E-state index in [0.717, 1.165) is 48.0 Å². The van der Waals surface area contributed by atoms with Gasteiger partial charge in [0.25, 0.3) is 0 Å². The Morgan fingerprint density at radius 2 is 2.00 bits per heavy atom. The third kappa shape index (κ3) is 3.85. The molecule has 0 aromatic heterocycles. The molecule has 0 radical (unpaired) electrons. The van der Waals surface area contributed by atoms with Gasteiger partial charge in [0, 0.05) is 16.7 Å². The summed E-state index contributed by atoms with van der Waals surface area (Å²) < 4.78 is 0. The molecular formula is C15H21Cl2NO. The molecule has 1 aromatic carbocycles. The summed E-state index contributed by atoms with van der Waals surface area (Å²) in [5.41, 5.74) is 1.10. The summed E-state index contributed by atoms with van der Waals surface area (Å²) in [6.45, 7) is 2.43. The van der Waals surface area contributed by atoms with Gasteiger partial charge in [-0.1, -0.05) is 23.2 Å². The van der Waals surface area contributed by atoms with Crippen molar-refractivity contribution in [1.82, 2.24) is 4.90 Å². The molecule has 1 unspecified atom stereocenters. The molecule has 0 aliphatic carbocycles. The lowest BCUT2D eigenvalue weighted by atomic mass is 9.78. The summed E-state index contributed by atoms with van der Waals surface area (Å²) in [5, 5.41) is 10.8. The molecule has 2 nitrogen and oxygen atoms in total. The average molecular weight is 302 g/mol. The zero-order valence-corrected chi connectivity index (χ0v) is 12.8. The molecule has 0 amide bonds. The fraction of sp³-hybridized carbons (Fsp3) is 0.600. The van der Waals surface area contributed by atoms with E-state index in [1.807, 2.05) is 18.2 Å². The molecule has 19 heavy (non-hydrogen) atoms. The predicted molar refractivity (Wildman–Crippen MR) is 81.1 cm³/mol. The first kappa shape index (κ1) is 15.1. The van der Waals surface area contributed by atoms with Gasteiger partial charge in [0.05, 0.1) is 0 Å². The molecule has 1 atom stereocenters. The van der Waals surface area contributed by atoms with Crippen molar-refractivity contribution in [2.24, 2.45) is 5.92 Å². The minimum atomic E-state index is 0.194. The molecule has 0 bridgehead atoms. The van der Waals surface area contributed by atoms with Gasteiger partial charge < -0.3 is 10.0 Å². The van der Waals surface area contributed by atoms with Crippen molar-refractivity contribution in [1.29, 1.82) is 0 Å². The Labute approximate surface area is 125 Å². The second-order valence-electron chi connectivity index (χ2n) is 5.43. The number of likely N-dealkylation sites (tertiary alicyclic amines) is 1. The molecule has 0 saturated carbocycles. The van der Waals surface area contributed by atoms with Gasteiger partial charge in [-0.2, -0.15) is 0 Å². The highest BCUT2D eigenvalue weighted by atomic mass is 35.5. The topological polar surface area (TPSA) is 23.5 Å². The first-order valence-corrected chi connectivity index (χ1v) is 7.61. The van der Waals surface area contributed by atoms with Crippen LogP contribution >= 0.6 is 23.2 Å². The van der Waals surface area contributed by atoms with Crippen molar-refractivity contribution in [3.05, 3.63) is 33.8 Å². The molecule has 1 saturated heterocycles. The van der Waals surface area contributed by atoms with Crippen LogP contribution < -0.4 is 0 Å². The second-order valence-corrected chi connectivity index (χ2v) is 6.27. The Hall–Kier alpha value is -0.280. The Morgan fingerprint density at radius 1 is 1.32 bits per heavy atom. The Morgan fingerprint density at radius 3 is 2.63 bits per heavy atom. The van der Waals surface area contributed by atoms with E-state index in [2.05, 4.69) is 11.9 Å². The zero-order valence-electron chi connectivity index (χ0n) is 11.3. The third-order valence-electron chi connectivity index (χ3n) is 4.13. The van der Waals surface area contributed by atoms with Crippen LogP contribution in [-0.2, 0) is 0 Å². The lowest BCUT2D eigenvalue weighted by Gasteiger charge is -2.35. The zero-order chi connectivity index (χ0) is 13.8. The van der Waals surface area contributed by atoms with Gasteiger partial charge in [0.1, 0.15) is 0 Å². The molecule has 1 aliphatic heterocycles. The van der Waals surface area contributed by atoms with Gasteiger partial charge in [-0.05, 0) is 75.0 Å². The van der Waals surface area contributed by atoms with Crippen LogP contribution in [0.3, 0.4) is 0 Å². The van der Waals surface area contributed by atoms with Crippen LogP contribution in [0.15, 0.2) is 18.2 Å². The average Bonchev–Trinajstić information content (AvgIpc) is 2.40. The number of hydrogen-bond donors (Lipinski definition) is 1. The first-order valence-electron chi connectivity index (χ1n) is 6.86. The lowest BCUT2D eigenvalue weighted by Crippen LogP contribution is -2.33. The highest BCUT2D eigenvalue weighted by Crippen LogP contribution is 2.39. The standard InChI is InChI=1S/C15H21Cl2NO/c1-18-7-4-11(5-8-18)13(6-9-19)14-10-12(16)2-3-15(14)17/h2-3,10-11,13,19H,4-9H2,1H3. The maximum Gasteiger partial charge on any atom is 0.0441 e. The highest BCUT2D eigenvalue weighted by Gasteiger charge is 2.27. The van der Waals surface area contributed by atoms with E-state index in [9.17, 15) is 5.11 Å². The van der Waals surface area contributed by atoms with Gasteiger partial charge >= 0.3 is 0 Å². The monoisotopic (exact) mass is 301 g/mol. The Kier molecular flexibility index (Phi) is 5.52. The Balaban J connectivity index is 2.21. The maximum absolute atomic E-state index is 9.35. The van der Waals surface area contributed by atoms with E-state index < -0.39 is 0 Å². The second kappa shape index (κ2) is 6.94. The van der Waals surface area contributed by atoms with Crippen LogP contribution in [0.25, 0.3) is 0 Å². The van der Waals surface area contributed by atoms with Gasteiger partial charge in [-0.25, -0.2) is 0 Å². The fourth-order valence-electron chi connectivity index (χ4n) is 3.01. The van der Waals surface area contributed by atoms with Crippen LogP contribution in [0.1, 0.15) is 30.7 Å². The van der Waals surface area contributed by atoms with Crippen molar-refractivity contribution in [3.63, 3.8) is 0 Å². The number of aliphatic hydroxyl groups is 1. The molecule has 2 rings (SSSR count). The third-order valence-corrected chi connectivity index (χ3v) is 4.71. The molecule has 106 valence electrons. The largest absolute Gasteiger partial charge is 0.396 e. The molecule has 4 heteroatoms. The van der Waals surface area contributed by atoms with Crippen LogP contribution in [-0.4, -0.2) is 36.8 Å². The highest BCUT2D eigenvalue weighted by molar-refractivity contribution is 6.33. The number of rotatable bonds is 4. The minimum absolute atomic E-state index is 0.194. The molecule has 1 heterocycles. The summed E-state index contributed by atoms with van der Waals surface area (Å²) in [7, 11) is 2.16. The number of halogens is 2. The Bertz CT molecular complexity index is 417. The smallest absolute Gasteiger partial charge is 0.0441 e. The normalized spacial score (nSPS) is 19.6. The van der Waals surface area contributed by atoms with Crippen molar-refractivity contribution in [2.75, 3.05) is 26.7 Å². The van der Waals surface area contributed by atoms with Crippen LogP contribution in [0, 0.1) is 5.92 Å². The maximum atomic E-state index is 9.35. The predicted octanol–water partition coefficient (Wildman–Crippen LogP) is 3.80. The number of hydrogen-bond acceptors (Lipinski definition) is 2. The van der Waals surface area contributed by atoms with Crippen LogP contribution in [0.4, 0.5) is 0 Å². The van der Waals surface area contributed by atoms with Gasteiger partial charge in [0.2, 0.25) is 0 Å². The van der Waals surface area contributed by atoms with Gasteiger partial charge in [-0.3, -0.25) is 0 Å². The number of aliphatic hydroxyl groups excluding tert-OH is 1. The summed E-state index contributed by atoms with van der Waals surface area (Å²) in [6.07, 6.45) is 3.07. The molecule has 1 N–H and O–H groups in total. The minimum Gasteiger partial charge on any atom is -0.396 e. The van der Waals surface area contributed by atoms with Gasteiger partial charge in [-0.15, -0.1) is 0 Å². The summed E-state index contributed by atoms with van der Waals surface area (Å²) in [6, 6.07) is 5.64. The van der Waals surface area contributed by atoms with E-state index in [1.54, 1.807) is 0 Å². The van der Waals surface area contributed by atoms with Crippen LogP contribution in [0.2, 0.25) is 10.0 Å². The van der Waals surface area contributed by atoms with E-state index in [1.165, 1.54) is 0 Å². The molecule has 1 fully saturated rings. The van der Waals surface area contributed by atoms with Crippen molar-refractivity contribution >= 4 is 23.2 Å². The SMILES string of the molecule is CN1CCC(C(CCO)c2cc(Cl)ccc2Cl)CC1. The fourth-order valence-corrected chi connectivity index (χ4v) is 3.45. The van der Waals surface area contributed by atoms with Crippen molar-refractivity contribution < 1.29 is 5.11 Å². The van der Waals surface area contributed by atoms with E-state index in [-0.39, 0.29) is 6.61 Å². The molecular weight excluding hydrogens is 281 g/mol. The summed E-state index contributed by atoms with van der Waals surface area (Å²) in [4.78, 5) is 2.35. The quantitative estimate of drug-likeness (QED) is 0.914. The van der Waals surface area contributed by atoms with E-state index in [4.69, 9.17) is 23.2 Å². The lowest BCUT2D eigenvalue weighted by molar-refractivity contribution is 0.178.